The van der Waals surface area contributed by atoms with Crippen LogP contribution in [-0.4, -0.2) is 15.9 Å². The molecule has 0 saturated heterocycles. The molecule has 0 radical (unpaired) electrons. The number of imidazole rings is 1. The van der Waals surface area contributed by atoms with Crippen LogP contribution in [0.25, 0.3) is 27.8 Å². The number of ether oxygens (including phenoxy) is 1. The zero-order valence-corrected chi connectivity index (χ0v) is 15.0. The number of nitrogens with zero attached hydrogens (tertiary/aromatic N) is 2. The van der Waals surface area contributed by atoms with E-state index >= 15 is 0 Å². The van der Waals surface area contributed by atoms with Gasteiger partial charge in [0.15, 0.2) is 5.75 Å². The van der Waals surface area contributed by atoms with Gasteiger partial charge >= 0.3 is 12.5 Å². The van der Waals surface area contributed by atoms with E-state index in [1.807, 2.05) is 0 Å². The largest absolute Gasteiger partial charge is 0.573 e. The molecule has 0 spiro atoms. The van der Waals surface area contributed by atoms with Gasteiger partial charge in [0.05, 0.1) is 22.3 Å². The zero-order chi connectivity index (χ0) is 21.5. The minimum Gasteiger partial charge on any atom is -0.403 e. The number of benzene rings is 3. The van der Waals surface area contributed by atoms with Crippen LogP contribution in [0.2, 0.25) is 0 Å². The number of rotatable bonds is 3. The molecule has 0 unspecified atom stereocenters. The summed E-state index contributed by atoms with van der Waals surface area (Å²) in [5.74, 6) is -0.476. The van der Waals surface area contributed by atoms with E-state index in [0.717, 1.165) is 24.5 Å². The van der Waals surface area contributed by atoms with Crippen molar-refractivity contribution in [3.63, 3.8) is 0 Å². The summed E-state index contributed by atoms with van der Waals surface area (Å²) in [5.41, 5.74) is -0.0318. The van der Waals surface area contributed by atoms with Gasteiger partial charge in [0.2, 0.25) is 0 Å². The number of alkyl halides is 6. The van der Waals surface area contributed by atoms with Gasteiger partial charge in [0, 0.05) is 5.56 Å². The molecule has 9 heteroatoms. The van der Waals surface area contributed by atoms with Crippen LogP contribution >= 0.6 is 0 Å². The van der Waals surface area contributed by atoms with Crippen LogP contribution in [0.1, 0.15) is 5.56 Å². The number of para-hydroxylation sites is 1. The van der Waals surface area contributed by atoms with Crippen LogP contribution in [0.4, 0.5) is 26.3 Å². The summed E-state index contributed by atoms with van der Waals surface area (Å²) in [6.07, 6.45) is -8.37. The third kappa shape index (κ3) is 3.83. The Morgan fingerprint density at radius 2 is 1.53 bits per heavy atom. The first-order chi connectivity index (χ1) is 14.1. The molecule has 3 aromatic carbocycles. The molecule has 4 rings (SSSR count). The first-order valence-electron chi connectivity index (χ1n) is 8.62. The fourth-order valence-corrected chi connectivity index (χ4v) is 3.16. The molecule has 0 N–H and O–H groups in total. The van der Waals surface area contributed by atoms with Crippen LogP contribution in [-0.2, 0) is 6.18 Å². The molecule has 4 aromatic rings. The Morgan fingerprint density at radius 1 is 0.800 bits per heavy atom. The SMILES string of the molecule is FC(F)(F)Oc1c(-c2ccccc2)cccc1-n1cnc2cc(C(F)(F)F)ccc21. The van der Waals surface area contributed by atoms with E-state index in [4.69, 9.17) is 0 Å². The van der Waals surface area contributed by atoms with Gasteiger partial charge < -0.3 is 4.74 Å². The Kier molecular flexibility index (Phi) is 4.68. The summed E-state index contributed by atoms with van der Waals surface area (Å²) in [6, 6.07) is 15.6. The highest BCUT2D eigenvalue weighted by Crippen LogP contribution is 2.40. The Hall–Kier alpha value is -3.49. The van der Waals surface area contributed by atoms with Gasteiger partial charge in [0.25, 0.3) is 0 Å². The first-order valence-corrected chi connectivity index (χ1v) is 8.62. The summed E-state index contributed by atoms with van der Waals surface area (Å²) < 4.78 is 84.0. The second-order valence-electron chi connectivity index (χ2n) is 6.38. The van der Waals surface area contributed by atoms with Crippen LogP contribution in [0.3, 0.4) is 0 Å². The minimum atomic E-state index is -4.97. The Balaban J connectivity index is 1.93. The van der Waals surface area contributed by atoms with Crippen LogP contribution < -0.4 is 4.74 Å². The summed E-state index contributed by atoms with van der Waals surface area (Å²) in [7, 11) is 0. The normalized spacial score (nSPS) is 12.3. The van der Waals surface area contributed by atoms with Crippen molar-refractivity contribution in [2.75, 3.05) is 0 Å². The number of fused-ring (bicyclic) bond motifs is 1. The third-order valence-corrected chi connectivity index (χ3v) is 4.43. The van der Waals surface area contributed by atoms with E-state index in [-0.39, 0.29) is 22.3 Å². The Morgan fingerprint density at radius 3 is 2.20 bits per heavy atom. The zero-order valence-electron chi connectivity index (χ0n) is 15.0. The summed E-state index contributed by atoms with van der Waals surface area (Å²) in [4.78, 5) is 3.94. The van der Waals surface area contributed by atoms with Gasteiger partial charge in [-0.2, -0.15) is 13.2 Å². The lowest BCUT2D eigenvalue weighted by molar-refractivity contribution is -0.274. The minimum absolute atomic E-state index is 0.00376. The molecule has 0 bridgehead atoms. The van der Waals surface area contributed by atoms with Crippen molar-refractivity contribution in [1.29, 1.82) is 0 Å². The van der Waals surface area contributed by atoms with E-state index in [2.05, 4.69) is 9.72 Å². The van der Waals surface area contributed by atoms with E-state index in [1.54, 1.807) is 30.3 Å². The van der Waals surface area contributed by atoms with Crippen LogP contribution in [0.5, 0.6) is 5.75 Å². The van der Waals surface area contributed by atoms with Crippen molar-refractivity contribution in [3.05, 3.63) is 78.6 Å². The second-order valence-corrected chi connectivity index (χ2v) is 6.38. The van der Waals surface area contributed by atoms with Gasteiger partial charge in [-0.15, -0.1) is 13.2 Å². The predicted octanol–water partition coefficient (Wildman–Crippen LogP) is 6.61. The fraction of sp³-hybridized carbons (Fsp3) is 0.0952. The van der Waals surface area contributed by atoms with Crippen molar-refractivity contribution in [2.24, 2.45) is 0 Å². The average molecular weight is 422 g/mol. The molecule has 0 aliphatic carbocycles. The molecule has 0 aliphatic rings. The van der Waals surface area contributed by atoms with Crippen molar-refractivity contribution < 1.29 is 31.1 Å². The van der Waals surface area contributed by atoms with E-state index in [0.29, 0.717) is 5.56 Å². The van der Waals surface area contributed by atoms with Gasteiger partial charge in [-0.3, -0.25) is 4.57 Å². The van der Waals surface area contributed by atoms with E-state index < -0.39 is 23.9 Å². The second kappa shape index (κ2) is 7.08. The fourth-order valence-electron chi connectivity index (χ4n) is 3.16. The lowest BCUT2D eigenvalue weighted by Crippen LogP contribution is -2.19. The molecular formula is C21H12F6N2O. The molecule has 154 valence electrons. The monoisotopic (exact) mass is 422 g/mol. The average Bonchev–Trinajstić information content (AvgIpc) is 3.10. The smallest absolute Gasteiger partial charge is 0.403 e. The van der Waals surface area contributed by atoms with Crippen molar-refractivity contribution in [3.8, 4) is 22.6 Å². The molecule has 3 nitrogen and oxygen atoms in total. The maximum absolute atomic E-state index is 13.2. The quantitative estimate of drug-likeness (QED) is 0.348. The number of halogens is 6. The molecule has 0 saturated carbocycles. The molecule has 1 heterocycles. The molecule has 0 fully saturated rings. The Bertz CT molecular complexity index is 1200. The Labute approximate surface area is 166 Å². The number of aromatic nitrogens is 2. The molecule has 0 amide bonds. The van der Waals surface area contributed by atoms with Gasteiger partial charge in [-0.25, -0.2) is 4.98 Å². The summed E-state index contributed by atoms with van der Waals surface area (Å²) in [5, 5.41) is 0. The van der Waals surface area contributed by atoms with Crippen molar-refractivity contribution in [1.82, 2.24) is 9.55 Å². The van der Waals surface area contributed by atoms with E-state index in [9.17, 15) is 26.3 Å². The lowest BCUT2D eigenvalue weighted by atomic mass is 10.0. The standard InChI is InChI=1S/C21H12F6N2O/c22-20(23,24)14-9-10-17-16(11-14)28-12-29(17)18-8-4-7-15(13-5-2-1-3-6-13)19(18)30-21(25,26)27/h1-12H. The molecule has 30 heavy (non-hydrogen) atoms. The summed E-state index contributed by atoms with van der Waals surface area (Å²) in [6.45, 7) is 0. The molecule has 0 atom stereocenters. The predicted molar refractivity (Wildman–Crippen MR) is 98.2 cm³/mol. The first kappa shape index (κ1) is 19.8. The maximum Gasteiger partial charge on any atom is 0.573 e. The lowest BCUT2D eigenvalue weighted by Gasteiger charge is -2.18. The highest BCUT2D eigenvalue weighted by Gasteiger charge is 2.34. The molecular weight excluding hydrogens is 410 g/mol. The number of hydrogen-bond acceptors (Lipinski definition) is 2. The van der Waals surface area contributed by atoms with E-state index in [1.165, 1.54) is 22.8 Å². The summed E-state index contributed by atoms with van der Waals surface area (Å²) >= 11 is 0. The van der Waals surface area contributed by atoms with Crippen molar-refractivity contribution in [2.45, 2.75) is 12.5 Å². The van der Waals surface area contributed by atoms with Gasteiger partial charge in [0.1, 0.15) is 6.33 Å². The van der Waals surface area contributed by atoms with Gasteiger partial charge in [-0.05, 0) is 29.8 Å². The van der Waals surface area contributed by atoms with Gasteiger partial charge in [-0.1, -0.05) is 42.5 Å². The number of hydrogen-bond donors (Lipinski definition) is 0. The maximum atomic E-state index is 13.2. The van der Waals surface area contributed by atoms with Crippen LogP contribution in [0.15, 0.2) is 73.1 Å². The molecule has 1 aromatic heterocycles. The topological polar surface area (TPSA) is 27.1 Å². The molecule has 0 aliphatic heterocycles. The third-order valence-electron chi connectivity index (χ3n) is 4.43. The van der Waals surface area contributed by atoms with Crippen molar-refractivity contribution >= 4 is 11.0 Å². The highest BCUT2D eigenvalue weighted by atomic mass is 19.4. The highest BCUT2D eigenvalue weighted by molar-refractivity contribution is 5.82. The van der Waals surface area contributed by atoms with Crippen LogP contribution in [0, 0.1) is 0 Å².